The molecule has 0 aliphatic heterocycles. The number of halogens is 2. The molecule has 0 aliphatic carbocycles. The van der Waals surface area contributed by atoms with Gasteiger partial charge in [-0.15, -0.1) is 0 Å². The third kappa shape index (κ3) is 2.69. The fraction of sp³-hybridized carbons (Fsp3) is 0.250. The number of alkyl halides is 1. The Bertz CT molecular complexity index is 414. The van der Waals surface area contributed by atoms with Crippen LogP contribution in [0.5, 0.6) is 0 Å². The summed E-state index contributed by atoms with van der Waals surface area (Å²) in [6.45, 7) is 0. The first-order valence-electron chi connectivity index (χ1n) is 3.49. The largest absolute Gasteiger partial charge is 0.224 e. The van der Waals surface area contributed by atoms with Crippen molar-refractivity contribution in [3.63, 3.8) is 0 Å². The molecule has 0 atom stereocenters. The van der Waals surface area contributed by atoms with Crippen molar-refractivity contribution in [2.45, 2.75) is 10.2 Å². The van der Waals surface area contributed by atoms with Crippen LogP contribution in [0.15, 0.2) is 23.1 Å². The highest BCUT2D eigenvalue weighted by Crippen LogP contribution is 2.22. The van der Waals surface area contributed by atoms with E-state index >= 15 is 0 Å². The highest BCUT2D eigenvalue weighted by molar-refractivity contribution is 9.08. The van der Waals surface area contributed by atoms with Crippen molar-refractivity contribution in [3.05, 3.63) is 28.8 Å². The highest BCUT2D eigenvalue weighted by Gasteiger charge is 2.09. The molecule has 1 aromatic rings. The molecule has 0 N–H and O–H groups in total. The molecule has 72 valence electrons. The zero-order valence-corrected chi connectivity index (χ0v) is 10.1. The van der Waals surface area contributed by atoms with Gasteiger partial charge in [-0.3, -0.25) is 0 Å². The van der Waals surface area contributed by atoms with Crippen molar-refractivity contribution in [2.24, 2.45) is 0 Å². The monoisotopic (exact) mass is 282 g/mol. The third-order valence-corrected chi connectivity index (χ3v) is 3.67. The Morgan fingerprint density at radius 2 is 2.08 bits per heavy atom. The second-order valence-corrected chi connectivity index (χ2v) is 5.64. The Kier molecular flexibility index (Phi) is 3.38. The van der Waals surface area contributed by atoms with Crippen LogP contribution in [0.25, 0.3) is 0 Å². The van der Waals surface area contributed by atoms with Crippen molar-refractivity contribution in [3.8, 4) is 0 Å². The van der Waals surface area contributed by atoms with E-state index in [-0.39, 0.29) is 0 Å². The Hall–Kier alpha value is -0.0600. The fourth-order valence-corrected chi connectivity index (χ4v) is 2.37. The summed E-state index contributed by atoms with van der Waals surface area (Å²) in [7, 11) is -3.13. The third-order valence-electron chi connectivity index (χ3n) is 1.59. The van der Waals surface area contributed by atoms with Gasteiger partial charge in [0.15, 0.2) is 9.84 Å². The summed E-state index contributed by atoms with van der Waals surface area (Å²) in [6, 6.07) is 4.67. The lowest BCUT2D eigenvalue weighted by Crippen LogP contribution is -1.97. The molecule has 0 amide bonds. The normalized spacial score (nSPS) is 11.6. The van der Waals surface area contributed by atoms with Crippen LogP contribution in [0.2, 0.25) is 5.02 Å². The van der Waals surface area contributed by atoms with Gasteiger partial charge in [-0.1, -0.05) is 27.5 Å². The lowest BCUT2D eigenvalue weighted by molar-refractivity contribution is 0.602. The molecule has 0 unspecified atom stereocenters. The van der Waals surface area contributed by atoms with Crippen LogP contribution in [-0.2, 0) is 15.2 Å². The number of sulfone groups is 1. The molecule has 1 aromatic carbocycles. The maximum Gasteiger partial charge on any atom is 0.175 e. The van der Waals surface area contributed by atoms with Crippen molar-refractivity contribution >= 4 is 37.4 Å². The van der Waals surface area contributed by atoms with Gasteiger partial charge in [-0.2, -0.15) is 0 Å². The molecular formula is C8H8BrClO2S. The maximum atomic E-state index is 11.2. The second-order valence-electron chi connectivity index (χ2n) is 2.66. The minimum absolute atomic E-state index is 0.298. The maximum absolute atomic E-state index is 11.2. The van der Waals surface area contributed by atoms with Crippen molar-refractivity contribution in [2.75, 3.05) is 6.26 Å². The minimum Gasteiger partial charge on any atom is -0.224 e. The smallest absolute Gasteiger partial charge is 0.175 e. The summed E-state index contributed by atoms with van der Waals surface area (Å²) in [5.74, 6) is 0. The lowest BCUT2D eigenvalue weighted by Gasteiger charge is -2.02. The zero-order valence-electron chi connectivity index (χ0n) is 6.92. The first kappa shape index (κ1) is 11.0. The molecule has 0 saturated carbocycles. The van der Waals surface area contributed by atoms with E-state index in [1.807, 2.05) is 0 Å². The molecule has 0 aliphatic rings. The van der Waals surface area contributed by atoms with Gasteiger partial charge < -0.3 is 0 Å². The van der Waals surface area contributed by atoms with Crippen molar-refractivity contribution in [1.82, 2.24) is 0 Å². The van der Waals surface area contributed by atoms with Gasteiger partial charge in [0.25, 0.3) is 0 Å². The summed E-state index contributed by atoms with van der Waals surface area (Å²) in [6.07, 6.45) is 1.17. The topological polar surface area (TPSA) is 34.1 Å². The number of benzene rings is 1. The standard InChI is InChI=1S/C8H8BrClO2S/c1-13(11,12)7-2-3-8(10)6(4-7)5-9/h2-4H,5H2,1H3. The summed E-state index contributed by atoms with van der Waals surface area (Å²) < 4.78 is 22.3. The lowest BCUT2D eigenvalue weighted by atomic mass is 10.2. The molecular weight excluding hydrogens is 276 g/mol. The first-order valence-corrected chi connectivity index (χ1v) is 6.88. The van der Waals surface area contributed by atoms with Crippen LogP contribution in [0.1, 0.15) is 5.56 Å². The summed E-state index contributed by atoms with van der Waals surface area (Å²) in [5, 5.41) is 1.12. The van der Waals surface area contributed by atoms with E-state index in [1.165, 1.54) is 12.3 Å². The van der Waals surface area contributed by atoms with Gasteiger partial charge in [0.2, 0.25) is 0 Å². The Morgan fingerprint density at radius 1 is 1.46 bits per heavy atom. The number of hydrogen-bond donors (Lipinski definition) is 0. The molecule has 0 aromatic heterocycles. The molecule has 0 spiro atoms. The highest BCUT2D eigenvalue weighted by atomic mass is 79.9. The molecule has 0 radical (unpaired) electrons. The van der Waals surface area contributed by atoms with Crippen LogP contribution < -0.4 is 0 Å². The van der Waals surface area contributed by atoms with E-state index in [1.54, 1.807) is 12.1 Å². The van der Waals surface area contributed by atoms with Gasteiger partial charge >= 0.3 is 0 Å². The van der Waals surface area contributed by atoms with E-state index in [2.05, 4.69) is 15.9 Å². The quantitative estimate of drug-likeness (QED) is 0.782. The van der Waals surface area contributed by atoms with E-state index < -0.39 is 9.84 Å². The van der Waals surface area contributed by atoms with E-state index in [4.69, 9.17) is 11.6 Å². The Morgan fingerprint density at radius 3 is 2.54 bits per heavy atom. The Balaban J connectivity index is 3.30. The molecule has 13 heavy (non-hydrogen) atoms. The van der Waals surface area contributed by atoms with Gasteiger partial charge in [0, 0.05) is 16.6 Å². The first-order chi connectivity index (χ1) is 5.95. The second kappa shape index (κ2) is 3.98. The van der Waals surface area contributed by atoms with Crippen LogP contribution in [0, 0.1) is 0 Å². The van der Waals surface area contributed by atoms with Crippen molar-refractivity contribution in [1.29, 1.82) is 0 Å². The minimum atomic E-state index is -3.13. The Labute approximate surface area is 91.0 Å². The average molecular weight is 284 g/mol. The number of rotatable bonds is 2. The molecule has 5 heteroatoms. The molecule has 0 heterocycles. The molecule has 0 fully saturated rings. The van der Waals surface area contributed by atoms with Crippen LogP contribution >= 0.6 is 27.5 Å². The predicted molar refractivity (Wildman–Crippen MR) is 57.2 cm³/mol. The van der Waals surface area contributed by atoms with Crippen LogP contribution in [0.4, 0.5) is 0 Å². The van der Waals surface area contributed by atoms with E-state index in [9.17, 15) is 8.42 Å². The zero-order chi connectivity index (χ0) is 10.1. The van der Waals surface area contributed by atoms with Gasteiger partial charge in [-0.25, -0.2) is 8.42 Å². The fourth-order valence-electron chi connectivity index (χ4n) is 0.884. The van der Waals surface area contributed by atoms with Crippen molar-refractivity contribution < 1.29 is 8.42 Å². The summed E-state index contributed by atoms with van der Waals surface area (Å²) >= 11 is 9.05. The van der Waals surface area contributed by atoms with Gasteiger partial charge in [0.1, 0.15) is 0 Å². The number of hydrogen-bond acceptors (Lipinski definition) is 2. The SMILES string of the molecule is CS(=O)(=O)c1ccc(Cl)c(CBr)c1. The summed E-state index contributed by atoms with van der Waals surface area (Å²) in [5.41, 5.74) is 0.782. The molecule has 0 saturated heterocycles. The van der Waals surface area contributed by atoms with Crippen LogP contribution in [-0.4, -0.2) is 14.7 Å². The molecule has 1 rings (SSSR count). The van der Waals surface area contributed by atoms with Crippen LogP contribution in [0.3, 0.4) is 0 Å². The van der Waals surface area contributed by atoms with Gasteiger partial charge in [-0.05, 0) is 23.8 Å². The van der Waals surface area contributed by atoms with E-state index in [0.717, 1.165) is 5.56 Å². The average Bonchev–Trinajstić information content (AvgIpc) is 2.03. The summed E-state index contributed by atoms with van der Waals surface area (Å²) in [4.78, 5) is 0.298. The molecule has 2 nitrogen and oxygen atoms in total. The van der Waals surface area contributed by atoms with E-state index in [0.29, 0.717) is 15.2 Å². The molecule has 0 bridgehead atoms. The predicted octanol–water partition coefficient (Wildman–Crippen LogP) is 2.64. The van der Waals surface area contributed by atoms with Gasteiger partial charge in [0.05, 0.1) is 4.90 Å².